The van der Waals surface area contributed by atoms with Crippen LogP contribution in [0.4, 0.5) is 8.78 Å². The molecule has 9 heteroatoms. The monoisotopic (exact) mass is 454 g/mol. The van der Waals surface area contributed by atoms with E-state index in [1.165, 1.54) is 12.1 Å². The summed E-state index contributed by atoms with van der Waals surface area (Å²) in [5.74, 6) is 0.231. The third-order valence-electron chi connectivity index (χ3n) is 5.83. The van der Waals surface area contributed by atoms with Gasteiger partial charge in [-0.3, -0.25) is 4.40 Å². The van der Waals surface area contributed by atoms with Crippen LogP contribution < -0.4 is 14.8 Å². The smallest absolute Gasteiger partial charge is 0.148 e. The van der Waals surface area contributed by atoms with E-state index in [1.54, 1.807) is 30.5 Å². The molecule has 2 atom stereocenters. The Morgan fingerprint density at radius 3 is 2.94 bits per heavy atom. The van der Waals surface area contributed by atoms with Crippen molar-refractivity contribution in [3.63, 3.8) is 0 Å². The van der Waals surface area contributed by atoms with Gasteiger partial charge in [0.25, 0.3) is 0 Å². The van der Waals surface area contributed by atoms with E-state index in [2.05, 4.69) is 10.3 Å². The zero-order valence-electron chi connectivity index (χ0n) is 17.9. The lowest BCUT2D eigenvalue weighted by atomic mass is 9.97. The second-order valence-electron chi connectivity index (χ2n) is 8.06. The van der Waals surface area contributed by atoms with Gasteiger partial charge >= 0.3 is 0 Å². The standard InChI is InChI=1S/C24H24F2N4O3/c25-17-9-15-1-2-20(21-13-28-23-11-18(32-8-7-31)4-6-30(21)23)29-24(15)22(10-17)33-14-16-3-5-27-12-19(16)26/h1-2,4,6,9-11,13,16,19,27,31H,3,5,7-8,12,14H2/t16?,19-/m1/s1. The maximum Gasteiger partial charge on any atom is 0.148 e. The summed E-state index contributed by atoms with van der Waals surface area (Å²) in [6.07, 6.45) is 3.19. The molecule has 3 aromatic heterocycles. The number of imidazole rings is 1. The lowest BCUT2D eigenvalue weighted by molar-refractivity contribution is 0.122. The minimum absolute atomic E-state index is 0.0689. The largest absolute Gasteiger partial charge is 0.491 e. The predicted molar refractivity (Wildman–Crippen MR) is 120 cm³/mol. The summed E-state index contributed by atoms with van der Waals surface area (Å²) >= 11 is 0. The van der Waals surface area contributed by atoms with Crippen LogP contribution in [0.2, 0.25) is 0 Å². The SMILES string of the molecule is OCCOc1ccn2c(-c3ccc4cc(F)cc(OCC5CCNC[C@H]5F)c4n3)cnc2c1. The van der Waals surface area contributed by atoms with Gasteiger partial charge in [-0.25, -0.2) is 18.7 Å². The van der Waals surface area contributed by atoms with Crippen molar-refractivity contribution in [1.29, 1.82) is 0 Å². The van der Waals surface area contributed by atoms with E-state index in [1.807, 2.05) is 10.6 Å². The van der Waals surface area contributed by atoms with E-state index < -0.39 is 12.0 Å². The molecule has 0 aliphatic carbocycles. The molecule has 1 aliphatic rings. The molecule has 1 aliphatic heterocycles. The number of benzene rings is 1. The third-order valence-corrected chi connectivity index (χ3v) is 5.83. The molecule has 0 saturated carbocycles. The first-order valence-electron chi connectivity index (χ1n) is 10.9. The van der Waals surface area contributed by atoms with E-state index in [4.69, 9.17) is 19.6 Å². The van der Waals surface area contributed by atoms with Crippen LogP contribution in [0.25, 0.3) is 27.9 Å². The topological polar surface area (TPSA) is 80.9 Å². The number of halogens is 2. The molecule has 0 amide bonds. The van der Waals surface area contributed by atoms with Crippen molar-refractivity contribution in [3.05, 3.63) is 54.6 Å². The highest BCUT2D eigenvalue weighted by Gasteiger charge is 2.25. The average Bonchev–Trinajstić information content (AvgIpc) is 3.25. The Kier molecular flexibility index (Phi) is 6.06. The number of hydrogen-bond acceptors (Lipinski definition) is 6. The minimum atomic E-state index is -0.994. The van der Waals surface area contributed by atoms with Crippen LogP contribution in [0.1, 0.15) is 6.42 Å². The van der Waals surface area contributed by atoms with Crippen molar-refractivity contribution >= 4 is 16.6 Å². The number of rotatable bonds is 7. The summed E-state index contributed by atoms with van der Waals surface area (Å²) in [4.78, 5) is 9.17. The first-order chi connectivity index (χ1) is 16.1. The summed E-state index contributed by atoms with van der Waals surface area (Å²) < 4.78 is 41.6. The fourth-order valence-electron chi connectivity index (χ4n) is 4.08. The Morgan fingerprint density at radius 2 is 2.09 bits per heavy atom. The molecule has 4 aromatic rings. The molecule has 5 rings (SSSR count). The number of piperidine rings is 1. The highest BCUT2D eigenvalue weighted by atomic mass is 19.1. The van der Waals surface area contributed by atoms with Gasteiger partial charge in [-0.15, -0.1) is 0 Å². The zero-order valence-corrected chi connectivity index (χ0v) is 17.9. The number of aliphatic hydroxyl groups excluding tert-OH is 1. The Hall–Kier alpha value is -3.30. The molecule has 1 aromatic carbocycles. The summed E-state index contributed by atoms with van der Waals surface area (Å²) in [6, 6.07) is 9.85. The van der Waals surface area contributed by atoms with Crippen molar-refractivity contribution < 1.29 is 23.4 Å². The van der Waals surface area contributed by atoms with Gasteiger partial charge in [0.2, 0.25) is 0 Å². The Bertz CT molecular complexity index is 1280. The number of nitrogens with one attached hydrogen (secondary N) is 1. The third kappa shape index (κ3) is 4.46. The van der Waals surface area contributed by atoms with Crippen LogP contribution in [0, 0.1) is 11.7 Å². The summed E-state index contributed by atoms with van der Waals surface area (Å²) in [7, 11) is 0. The van der Waals surface area contributed by atoms with E-state index in [9.17, 15) is 8.78 Å². The second-order valence-corrected chi connectivity index (χ2v) is 8.06. The van der Waals surface area contributed by atoms with Gasteiger partial charge < -0.3 is 19.9 Å². The van der Waals surface area contributed by atoms with Crippen molar-refractivity contribution in [2.75, 3.05) is 32.9 Å². The fraction of sp³-hybridized carbons (Fsp3) is 0.333. The number of ether oxygens (including phenoxy) is 2. The van der Waals surface area contributed by atoms with E-state index in [0.29, 0.717) is 46.7 Å². The van der Waals surface area contributed by atoms with Gasteiger partial charge in [-0.2, -0.15) is 0 Å². The Morgan fingerprint density at radius 1 is 1.18 bits per heavy atom. The lowest BCUT2D eigenvalue weighted by Crippen LogP contribution is -2.40. The number of nitrogens with zero attached hydrogens (tertiary/aromatic N) is 3. The molecule has 1 unspecified atom stereocenters. The van der Waals surface area contributed by atoms with Gasteiger partial charge in [-0.05, 0) is 31.2 Å². The van der Waals surface area contributed by atoms with Gasteiger partial charge in [-0.1, -0.05) is 6.07 Å². The van der Waals surface area contributed by atoms with Crippen LogP contribution in [-0.2, 0) is 0 Å². The molecule has 1 saturated heterocycles. The van der Waals surface area contributed by atoms with E-state index >= 15 is 0 Å². The van der Waals surface area contributed by atoms with Gasteiger partial charge in [0.05, 0.1) is 30.8 Å². The number of aromatic nitrogens is 3. The zero-order chi connectivity index (χ0) is 22.8. The maximum absolute atomic E-state index is 14.2. The molecule has 0 radical (unpaired) electrons. The molecule has 0 bridgehead atoms. The highest BCUT2D eigenvalue weighted by Crippen LogP contribution is 2.30. The summed E-state index contributed by atoms with van der Waals surface area (Å²) in [6.45, 7) is 1.35. The number of hydrogen-bond donors (Lipinski definition) is 2. The van der Waals surface area contributed by atoms with Crippen molar-refractivity contribution in [3.8, 4) is 22.9 Å². The Labute approximate surface area is 189 Å². The first-order valence-corrected chi connectivity index (χ1v) is 10.9. The van der Waals surface area contributed by atoms with Crippen molar-refractivity contribution in [2.24, 2.45) is 5.92 Å². The maximum atomic E-state index is 14.2. The minimum Gasteiger partial charge on any atom is -0.491 e. The van der Waals surface area contributed by atoms with Gasteiger partial charge in [0, 0.05) is 36.2 Å². The van der Waals surface area contributed by atoms with Crippen molar-refractivity contribution in [2.45, 2.75) is 12.6 Å². The molecular weight excluding hydrogens is 430 g/mol. The predicted octanol–water partition coefficient (Wildman–Crippen LogP) is 3.39. The lowest BCUT2D eigenvalue weighted by Gasteiger charge is -2.26. The van der Waals surface area contributed by atoms with E-state index in [0.717, 1.165) is 12.2 Å². The number of alkyl halides is 1. The van der Waals surface area contributed by atoms with Crippen LogP contribution >= 0.6 is 0 Å². The van der Waals surface area contributed by atoms with E-state index in [-0.39, 0.29) is 25.7 Å². The van der Waals surface area contributed by atoms with Gasteiger partial charge in [0.15, 0.2) is 0 Å². The quantitative estimate of drug-likeness (QED) is 0.446. The number of fused-ring (bicyclic) bond motifs is 2. The average molecular weight is 454 g/mol. The molecule has 172 valence electrons. The summed E-state index contributed by atoms with van der Waals surface area (Å²) in [5, 5.41) is 12.6. The van der Waals surface area contributed by atoms with Gasteiger partial charge in [0.1, 0.15) is 41.3 Å². The molecule has 33 heavy (non-hydrogen) atoms. The fourth-order valence-corrected chi connectivity index (χ4v) is 4.08. The summed E-state index contributed by atoms with van der Waals surface area (Å²) in [5.41, 5.74) is 2.56. The molecule has 7 nitrogen and oxygen atoms in total. The molecule has 0 spiro atoms. The first kappa shape index (κ1) is 21.5. The van der Waals surface area contributed by atoms with Crippen LogP contribution in [0.3, 0.4) is 0 Å². The normalized spacial score (nSPS) is 18.6. The second kappa shape index (κ2) is 9.29. The molecule has 2 N–H and O–H groups in total. The van der Waals surface area contributed by atoms with Crippen molar-refractivity contribution in [1.82, 2.24) is 19.7 Å². The molecule has 1 fully saturated rings. The Balaban J connectivity index is 1.47. The highest BCUT2D eigenvalue weighted by molar-refractivity contribution is 5.86. The molecular formula is C24H24F2N4O3. The van der Waals surface area contributed by atoms with Crippen LogP contribution in [-0.4, -0.2) is 58.6 Å². The molecule has 4 heterocycles. The van der Waals surface area contributed by atoms with Crippen LogP contribution in [0.5, 0.6) is 11.5 Å². The van der Waals surface area contributed by atoms with Crippen LogP contribution in [0.15, 0.2) is 48.8 Å². The number of pyridine rings is 2. The number of aliphatic hydroxyl groups is 1.